The Kier molecular flexibility index (Phi) is 5.43. The van der Waals surface area contributed by atoms with E-state index in [9.17, 15) is 4.79 Å². The van der Waals surface area contributed by atoms with Gasteiger partial charge in [-0.1, -0.05) is 41.4 Å². The Bertz CT molecular complexity index is 937. The maximum absolute atomic E-state index is 13.2. The third kappa shape index (κ3) is 3.80. The average Bonchev–Trinajstić information content (AvgIpc) is 2.90. The molecule has 4 rings (SSSR count). The fraction of sp³-hybridized carbons (Fsp3) is 0.333. The van der Waals surface area contributed by atoms with Crippen molar-refractivity contribution >= 4 is 46.2 Å². The number of carbonyl (C=O) groups excluding carboxylic acids is 1. The van der Waals surface area contributed by atoms with E-state index in [4.69, 9.17) is 27.9 Å². The molecule has 1 saturated heterocycles. The first-order valence-electron chi connectivity index (χ1n) is 9.25. The fourth-order valence-electron chi connectivity index (χ4n) is 3.79. The van der Waals surface area contributed by atoms with Crippen LogP contribution in [0.3, 0.4) is 0 Å². The predicted molar refractivity (Wildman–Crippen MR) is 113 cm³/mol. The Balaban J connectivity index is 1.66. The van der Waals surface area contributed by atoms with Crippen molar-refractivity contribution in [1.82, 2.24) is 4.90 Å². The topological polar surface area (TPSA) is 45.1 Å². The number of amides is 1. The molecule has 2 aromatic carbocycles. The first-order valence-corrected chi connectivity index (χ1v) is 10.0. The van der Waals surface area contributed by atoms with E-state index in [0.29, 0.717) is 28.1 Å². The van der Waals surface area contributed by atoms with E-state index in [1.54, 1.807) is 23.1 Å². The summed E-state index contributed by atoms with van der Waals surface area (Å²) in [6.07, 6.45) is 0.280. The number of nitrogens with zero attached hydrogens (tertiary/aromatic N) is 3. The Hall–Kier alpha value is -1.92. The number of ether oxygens (including phenoxy) is 1. The lowest BCUT2D eigenvalue weighted by Crippen LogP contribution is -2.50. The largest absolute Gasteiger partial charge is 0.373 e. The molecule has 7 heteroatoms. The molecule has 2 heterocycles. The molecule has 2 aromatic rings. The van der Waals surface area contributed by atoms with Crippen LogP contribution in [0.15, 0.2) is 47.5 Å². The lowest BCUT2D eigenvalue weighted by atomic mass is 10.1. The van der Waals surface area contributed by atoms with Crippen LogP contribution in [0, 0.1) is 0 Å². The van der Waals surface area contributed by atoms with Gasteiger partial charge in [0.15, 0.2) is 0 Å². The zero-order valence-corrected chi connectivity index (χ0v) is 17.2. The number of anilines is 1. The summed E-state index contributed by atoms with van der Waals surface area (Å²) in [4.78, 5) is 21.9. The van der Waals surface area contributed by atoms with Crippen LogP contribution in [-0.2, 0) is 9.53 Å². The van der Waals surface area contributed by atoms with Crippen molar-refractivity contribution in [2.75, 3.05) is 24.7 Å². The van der Waals surface area contributed by atoms with Gasteiger partial charge in [0.2, 0.25) is 0 Å². The number of aliphatic imine (C=N–C) groups is 1. The molecule has 2 aliphatic rings. The van der Waals surface area contributed by atoms with Crippen molar-refractivity contribution in [2.24, 2.45) is 4.99 Å². The number of halogens is 2. The summed E-state index contributed by atoms with van der Waals surface area (Å²) in [6.45, 7) is 6.19. The molecule has 0 N–H and O–H groups in total. The highest BCUT2D eigenvalue weighted by Gasteiger charge is 2.36. The molecule has 2 unspecified atom stereocenters. The Labute approximate surface area is 174 Å². The van der Waals surface area contributed by atoms with E-state index in [1.165, 1.54) is 0 Å². The van der Waals surface area contributed by atoms with Gasteiger partial charge in [0.05, 0.1) is 40.3 Å². The molecule has 1 fully saturated rings. The lowest BCUT2D eigenvalue weighted by molar-refractivity contribution is -0.113. The highest BCUT2D eigenvalue weighted by Crippen LogP contribution is 2.33. The van der Waals surface area contributed by atoms with Gasteiger partial charge in [-0.3, -0.25) is 14.6 Å². The Morgan fingerprint density at radius 3 is 2.50 bits per heavy atom. The SMILES string of the molecule is CC1CN(CN2C(=O)C(=Nc3ccc(Cl)c(Cl)c3)c3ccccc32)CC(C)O1. The van der Waals surface area contributed by atoms with Crippen LogP contribution < -0.4 is 4.90 Å². The van der Waals surface area contributed by atoms with E-state index in [1.807, 2.05) is 24.3 Å². The number of benzene rings is 2. The first-order chi connectivity index (χ1) is 13.4. The minimum atomic E-state index is -0.112. The van der Waals surface area contributed by atoms with E-state index in [0.717, 1.165) is 24.3 Å². The van der Waals surface area contributed by atoms with E-state index < -0.39 is 0 Å². The molecule has 0 spiro atoms. The number of hydrogen-bond donors (Lipinski definition) is 0. The summed E-state index contributed by atoms with van der Waals surface area (Å²) in [5.41, 5.74) is 2.72. The van der Waals surface area contributed by atoms with E-state index >= 15 is 0 Å². The second-order valence-electron chi connectivity index (χ2n) is 7.24. The van der Waals surface area contributed by atoms with Gasteiger partial charge in [-0.2, -0.15) is 0 Å². The summed E-state index contributed by atoms with van der Waals surface area (Å²) in [7, 11) is 0. The third-order valence-corrected chi connectivity index (χ3v) is 5.62. The highest BCUT2D eigenvalue weighted by molar-refractivity contribution is 6.54. The molecule has 0 bridgehead atoms. The number of rotatable bonds is 3. The molecular weight excluding hydrogens is 397 g/mol. The van der Waals surface area contributed by atoms with Crippen molar-refractivity contribution in [3.8, 4) is 0 Å². The Morgan fingerprint density at radius 2 is 1.79 bits per heavy atom. The smallest absolute Gasteiger partial charge is 0.278 e. The minimum Gasteiger partial charge on any atom is -0.373 e. The molecule has 2 atom stereocenters. The second kappa shape index (κ2) is 7.84. The molecule has 146 valence electrons. The van der Waals surface area contributed by atoms with Crippen LogP contribution in [0.25, 0.3) is 0 Å². The summed E-state index contributed by atoms with van der Waals surface area (Å²) in [6, 6.07) is 12.8. The van der Waals surface area contributed by atoms with Gasteiger partial charge in [0, 0.05) is 18.7 Å². The first kappa shape index (κ1) is 19.4. The maximum Gasteiger partial charge on any atom is 0.278 e. The molecule has 1 amide bonds. The maximum atomic E-state index is 13.2. The summed E-state index contributed by atoms with van der Waals surface area (Å²) >= 11 is 12.1. The van der Waals surface area contributed by atoms with Crippen LogP contribution in [0.1, 0.15) is 19.4 Å². The molecule has 0 aliphatic carbocycles. The van der Waals surface area contributed by atoms with E-state index in [-0.39, 0.29) is 18.1 Å². The molecule has 0 saturated carbocycles. The average molecular weight is 418 g/mol. The second-order valence-corrected chi connectivity index (χ2v) is 8.06. The molecule has 2 aliphatic heterocycles. The van der Waals surface area contributed by atoms with Gasteiger partial charge in [-0.15, -0.1) is 0 Å². The van der Waals surface area contributed by atoms with Crippen LogP contribution in [0.4, 0.5) is 11.4 Å². The zero-order valence-electron chi connectivity index (χ0n) is 15.7. The van der Waals surface area contributed by atoms with Gasteiger partial charge >= 0.3 is 0 Å². The number of carbonyl (C=O) groups is 1. The highest BCUT2D eigenvalue weighted by atomic mass is 35.5. The van der Waals surface area contributed by atoms with Gasteiger partial charge in [0.25, 0.3) is 5.91 Å². The van der Waals surface area contributed by atoms with Gasteiger partial charge in [0.1, 0.15) is 5.71 Å². The fourth-order valence-corrected chi connectivity index (χ4v) is 4.09. The van der Waals surface area contributed by atoms with E-state index in [2.05, 4.69) is 23.7 Å². The number of morpholine rings is 1. The van der Waals surface area contributed by atoms with Crippen molar-refractivity contribution in [3.63, 3.8) is 0 Å². The standard InChI is InChI=1S/C21H21Cl2N3O2/c1-13-10-25(11-14(2)28-13)12-26-19-6-4-3-5-16(19)20(21(26)27)24-15-7-8-17(22)18(23)9-15/h3-9,13-14H,10-12H2,1-2H3. The van der Waals surface area contributed by atoms with Crippen LogP contribution >= 0.6 is 23.2 Å². The number of fused-ring (bicyclic) bond motifs is 1. The van der Waals surface area contributed by atoms with Crippen molar-refractivity contribution in [2.45, 2.75) is 26.1 Å². The molecule has 28 heavy (non-hydrogen) atoms. The zero-order chi connectivity index (χ0) is 19.8. The van der Waals surface area contributed by atoms with Crippen LogP contribution in [0.2, 0.25) is 10.0 Å². The third-order valence-electron chi connectivity index (χ3n) is 4.88. The van der Waals surface area contributed by atoms with Crippen molar-refractivity contribution in [3.05, 3.63) is 58.1 Å². The Morgan fingerprint density at radius 1 is 1.07 bits per heavy atom. The molecule has 0 aromatic heterocycles. The molecule has 0 radical (unpaired) electrons. The molecule has 5 nitrogen and oxygen atoms in total. The van der Waals surface area contributed by atoms with Crippen LogP contribution in [-0.4, -0.2) is 48.5 Å². The number of hydrogen-bond acceptors (Lipinski definition) is 4. The number of para-hydroxylation sites is 1. The quantitative estimate of drug-likeness (QED) is 0.736. The van der Waals surface area contributed by atoms with Crippen molar-refractivity contribution in [1.29, 1.82) is 0 Å². The normalized spacial score (nSPS) is 24.1. The molecular formula is C21H21Cl2N3O2. The van der Waals surface area contributed by atoms with Gasteiger partial charge in [-0.05, 0) is 38.1 Å². The van der Waals surface area contributed by atoms with Gasteiger partial charge < -0.3 is 4.74 Å². The summed E-state index contributed by atoms with van der Waals surface area (Å²) < 4.78 is 5.81. The van der Waals surface area contributed by atoms with Gasteiger partial charge in [-0.25, -0.2) is 4.99 Å². The summed E-state index contributed by atoms with van der Waals surface area (Å²) in [5, 5.41) is 0.872. The lowest BCUT2D eigenvalue weighted by Gasteiger charge is -2.37. The minimum absolute atomic E-state index is 0.112. The predicted octanol–water partition coefficient (Wildman–Crippen LogP) is 4.53. The van der Waals surface area contributed by atoms with Crippen molar-refractivity contribution < 1.29 is 9.53 Å². The van der Waals surface area contributed by atoms with Crippen LogP contribution in [0.5, 0.6) is 0 Å². The summed E-state index contributed by atoms with van der Waals surface area (Å²) in [5.74, 6) is -0.112. The monoisotopic (exact) mass is 417 g/mol.